The van der Waals surface area contributed by atoms with E-state index in [0.717, 1.165) is 0 Å². The van der Waals surface area contributed by atoms with Gasteiger partial charge in [0.2, 0.25) is 11.6 Å². The molecule has 0 spiro atoms. The van der Waals surface area contributed by atoms with Crippen LogP contribution in [0.4, 0.5) is 0 Å². The van der Waals surface area contributed by atoms with Crippen LogP contribution in [0.15, 0.2) is 22.8 Å². The van der Waals surface area contributed by atoms with Crippen molar-refractivity contribution in [3.63, 3.8) is 0 Å². The largest absolute Gasteiger partial charge is 0.464 e. The van der Waals surface area contributed by atoms with Crippen molar-refractivity contribution in [2.45, 2.75) is 0 Å². The molecule has 0 saturated carbocycles. The first-order valence-electron chi connectivity index (χ1n) is 3.13. The third-order valence-electron chi connectivity index (χ3n) is 1.55. The zero-order valence-electron chi connectivity index (χ0n) is 5.53. The lowest BCUT2D eigenvalue weighted by atomic mass is 10.0. The van der Waals surface area contributed by atoms with Gasteiger partial charge in [0.25, 0.3) is 0 Å². The quantitative estimate of drug-likeness (QED) is 0.517. The molecule has 2 rings (SSSR count). The Kier molecular flexibility index (Phi) is 1.06. The molecular formula is C8H4O3. The molecule has 0 amide bonds. The SMILES string of the molecule is O=C1C=Cc2occc2C1=O. The second-order valence-electron chi connectivity index (χ2n) is 2.23. The number of furan rings is 1. The molecule has 11 heavy (non-hydrogen) atoms. The highest BCUT2D eigenvalue weighted by atomic mass is 16.3. The normalized spacial score (nSPS) is 15.3. The van der Waals surface area contributed by atoms with E-state index in [-0.39, 0.29) is 0 Å². The standard InChI is InChI=1S/C8H4O3/c9-6-1-2-7-5(8(6)10)3-4-11-7/h1-4H. The minimum absolute atomic E-state index is 0.359. The van der Waals surface area contributed by atoms with Crippen LogP contribution in [0.25, 0.3) is 6.08 Å². The van der Waals surface area contributed by atoms with E-state index in [1.807, 2.05) is 0 Å². The lowest BCUT2D eigenvalue weighted by Crippen LogP contribution is -2.14. The van der Waals surface area contributed by atoms with Crippen LogP contribution < -0.4 is 0 Å². The lowest BCUT2D eigenvalue weighted by molar-refractivity contribution is -0.110. The van der Waals surface area contributed by atoms with Crippen molar-refractivity contribution in [3.05, 3.63) is 29.7 Å². The maximum atomic E-state index is 11.0. The number of rotatable bonds is 0. The molecule has 1 heterocycles. The fourth-order valence-electron chi connectivity index (χ4n) is 0.997. The van der Waals surface area contributed by atoms with Crippen LogP contribution in [0.5, 0.6) is 0 Å². The van der Waals surface area contributed by atoms with Crippen molar-refractivity contribution in [1.29, 1.82) is 0 Å². The molecule has 3 nitrogen and oxygen atoms in total. The Bertz CT molecular complexity index is 357. The van der Waals surface area contributed by atoms with E-state index in [4.69, 9.17) is 4.42 Å². The second kappa shape index (κ2) is 1.92. The van der Waals surface area contributed by atoms with Gasteiger partial charge in [-0.15, -0.1) is 0 Å². The number of Topliss-reactive ketones (excluding diaryl/α,β-unsaturated/α-hetero) is 1. The Morgan fingerprint density at radius 1 is 1.18 bits per heavy atom. The molecule has 0 radical (unpaired) electrons. The predicted molar refractivity (Wildman–Crippen MR) is 37.1 cm³/mol. The monoisotopic (exact) mass is 148 g/mol. The summed E-state index contributed by atoms with van der Waals surface area (Å²) >= 11 is 0. The summed E-state index contributed by atoms with van der Waals surface area (Å²) in [6.07, 6.45) is 4.11. The average Bonchev–Trinajstić information content (AvgIpc) is 2.45. The summed E-state index contributed by atoms with van der Waals surface area (Å²) in [6, 6.07) is 1.50. The molecule has 1 aromatic heterocycles. The molecule has 1 aromatic rings. The van der Waals surface area contributed by atoms with Crippen molar-refractivity contribution in [3.8, 4) is 0 Å². The molecule has 1 aliphatic carbocycles. The Balaban J connectivity index is 2.66. The lowest BCUT2D eigenvalue weighted by Gasteiger charge is -1.98. The molecule has 1 aliphatic rings. The molecule has 0 aliphatic heterocycles. The maximum Gasteiger partial charge on any atom is 0.236 e. The van der Waals surface area contributed by atoms with Gasteiger partial charge in [-0.3, -0.25) is 9.59 Å². The molecule has 0 aromatic carbocycles. The van der Waals surface area contributed by atoms with Gasteiger partial charge in [-0.2, -0.15) is 0 Å². The molecular weight excluding hydrogens is 144 g/mol. The van der Waals surface area contributed by atoms with E-state index < -0.39 is 11.6 Å². The summed E-state index contributed by atoms with van der Waals surface area (Å²) in [4.78, 5) is 21.8. The molecule has 3 heteroatoms. The van der Waals surface area contributed by atoms with Crippen molar-refractivity contribution >= 4 is 17.6 Å². The zero-order valence-corrected chi connectivity index (χ0v) is 5.53. The van der Waals surface area contributed by atoms with Crippen LogP contribution in [-0.4, -0.2) is 11.6 Å². The van der Waals surface area contributed by atoms with E-state index in [2.05, 4.69) is 0 Å². The Hall–Kier alpha value is -1.64. The minimum atomic E-state index is -0.490. The van der Waals surface area contributed by atoms with E-state index in [9.17, 15) is 9.59 Å². The predicted octanol–water partition coefficient (Wildman–Crippen LogP) is 1.06. The highest BCUT2D eigenvalue weighted by Crippen LogP contribution is 2.17. The first-order valence-corrected chi connectivity index (χ1v) is 3.13. The molecule has 0 unspecified atom stereocenters. The van der Waals surface area contributed by atoms with Gasteiger partial charge in [0, 0.05) is 0 Å². The van der Waals surface area contributed by atoms with Gasteiger partial charge in [0.15, 0.2) is 0 Å². The Labute approximate surface area is 62.3 Å². The zero-order chi connectivity index (χ0) is 7.84. The summed E-state index contributed by atoms with van der Waals surface area (Å²) in [5.74, 6) is -0.509. The van der Waals surface area contributed by atoms with Gasteiger partial charge < -0.3 is 4.42 Å². The summed E-state index contributed by atoms with van der Waals surface area (Å²) < 4.78 is 4.91. The first-order chi connectivity index (χ1) is 5.29. The van der Waals surface area contributed by atoms with Gasteiger partial charge in [-0.05, 0) is 18.2 Å². The number of allylic oxidation sites excluding steroid dienone is 1. The third-order valence-corrected chi connectivity index (χ3v) is 1.55. The Morgan fingerprint density at radius 2 is 2.00 bits per heavy atom. The highest BCUT2D eigenvalue weighted by molar-refractivity contribution is 6.49. The van der Waals surface area contributed by atoms with Gasteiger partial charge in [0.05, 0.1) is 11.8 Å². The van der Waals surface area contributed by atoms with E-state index in [1.54, 1.807) is 0 Å². The summed E-state index contributed by atoms with van der Waals surface area (Å²) in [6.45, 7) is 0. The van der Waals surface area contributed by atoms with Gasteiger partial charge in [0.1, 0.15) is 5.76 Å². The summed E-state index contributed by atoms with van der Waals surface area (Å²) in [7, 11) is 0. The first kappa shape index (κ1) is 6.09. The topological polar surface area (TPSA) is 47.3 Å². The molecule has 0 fully saturated rings. The average molecular weight is 148 g/mol. The number of carbonyl (C=O) groups is 2. The van der Waals surface area contributed by atoms with Crippen LogP contribution in [0.3, 0.4) is 0 Å². The molecule has 0 bridgehead atoms. The molecule has 0 atom stereocenters. The maximum absolute atomic E-state index is 11.0. The second-order valence-corrected chi connectivity index (χ2v) is 2.23. The Morgan fingerprint density at radius 3 is 2.82 bits per heavy atom. The van der Waals surface area contributed by atoms with Crippen LogP contribution >= 0.6 is 0 Å². The number of fused-ring (bicyclic) bond motifs is 1. The molecule has 0 saturated heterocycles. The minimum Gasteiger partial charge on any atom is -0.464 e. The van der Waals surface area contributed by atoms with Crippen molar-refractivity contribution in [2.24, 2.45) is 0 Å². The van der Waals surface area contributed by atoms with Crippen LogP contribution in [0.2, 0.25) is 0 Å². The van der Waals surface area contributed by atoms with Gasteiger partial charge >= 0.3 is 0 Å². The fraction of sp³-hybridized carbons (Fsp3) is 0. The van der Waals surface area contributed by atoms with Crippen LogP contribution in [0.1, 0.15) is 16.1 Å². The van der Waals surface area contributed by atoms with E-state index >= 15 is 0 Å². The molecule has 54 valence electrons. The fourth-order valence-corrected chi connectivity index (χ4v) is 0.997. The van der Waals surface area contributed by atoms with Crippen molar-refractivity contribution in [1.82, 2.24) is 0 Å². The number of ketones is 2. The van der Waals surface area contributed by atoms with Crippen LogP contribution in [0, 0.1) is 0 Å². The van der Waals surface area contributed by atoms with E-state index in [0.29, 0.717) is 11.3 Å². The van der Waals surface area contributed by atoms with Crippen LogP contribution in [-0.2, 0) is 4.79 Å². The van der Waals surface area contributed by atoms with Crippen molar-refractivity contribution in [2.75, 3.05) is 0 Å². The molecule has 0 N–H and O–H groups in total. The third kappa shape index (κ3) is 0.741. The van der Waals surface area contributed by atoms with Crippen molar-refractivity contribution < 1.29 is 14.0 Å². The van der Waals surface area contributed by atoms with E-state index in [1.165, 1.54) is 24.5 Å². The number of carbonyl (C=O) groups excluding carboxylic acids is 2. The van der Waals surface area contributed by atoms with Gasteiger partial charge in [-0.25, -0.2) is 0 Å². The smallest absolute Gasteiger partial charge is 0.236 e. The number of hydrogen-bond acceptors (Lipinski definition) is 3. The summed E-state index contributed by atoms with van der Waals surface area (Å²) in [5.41, 5.74) is 0.359. The summed E-state index contributed by atoms with van der Waals surface area (Å²) in [5, 5.41) is 0. The highest BCUT2D eigenvalue weighted by Gasteiger charge is 2.22. The number of hydrogen-bond donors (Lipinski definition) is 0. The van der Waals surface area contributed by atoms with Gasteiger partial charge in [-0.1, -0.05) is 0 Å².